The molecule has 1 radical (unpaired) electrons. The van der Waals surface area contributed by atoms with E-state index >= 15 is 0 Å². The summed E-state index contributed by atoms with van der Waals surface area (Å²) >= 11 is 0. The standard InChI is InChI=1S/C25H17BNO2.C12H10N.Ir/c1-15-13-20(27-14-16(15)2)17-11-12-23-24-25(17)29-22-10-6-4-8-19(22)26(24)18-7-3-5-9-21(18)28-23;1-10-7-8-12(13-9-10)11-5-3-2-4-6-11;/h3-10,12-14H,1-2H3;2-5,7-9H,1H3;/q2*-1;/i1D3,2D3;1D3;. The van der Waals surface area contributed by atoms with E-state index in [9.17, 15) is 0 Å². The smallest absolute Gasteiger partial charge is 0.239 e. The van der Waals surface area contributed by atoms with Gasteiger partial charge in [0.25, 0.3) is 0 Å². The fourth-order valence-corrected chi connectivity index (χ4v) is 5.21. The van der Waals surface area contributed by atoms with Crippen LogP contribution in [0.3, 0.4) is 0 Å². The second-order valence-electron chi connectivity index (χ2n) is 9.81. The number of nitrogens with zero attached hydrogens (tertiary/aromatic N) is 2. The number of rotatable bonds is 2. The predicted molar refractivity (Wildman–Crippen MR) is 169 cm³/mol. The molecule has 0 atom stereocenters. The third-order valence-corrected chi connectivity index (χ3v) is 7.17. The number of pyridine rings is 2. The largest absolute Gasteiger partial charge is 0.503 e. The van der Waals surface area contributed by atoms with Gasteiger partial charge in [-0.2, -0.15) is 0 Å². The number of aryl methyl sites for hydroxylation is 3. The maximum absolute atomic E-state index is 7.92. The second kappa shape index (κ2) is 12.0. The molecule has 0 aliphatic carbocycles. The van der Waals surface area contributed by atoms with Crippen molar-refractivity contribution in [2.45, 2.75) is 20.6 Å². The van der Waals surface area contributed by atoms with Gasteiger partial charge in [-0.15, -0.1) is 48.0 Å². The first-order chi connectivity index (χ1) is 24.2. The Hall–Kier alpha value is -4.51. The average Bonchev–Trinajstić information content (AvgIpc) is 3.11. The van der Waals surface area contributed by atoms with Gasteiger partial charge >= 0.3 is 0 Å². The monoisotopic (exact) mass is 744 g/mol. The number of hydrogen-bond donors (Lipinski definition) is 0. The minimum atomic E-state index is -2.63. The van der Waals surface area contributed by atoms with Gasteiger partial charge in [-0.25, -0.2) is 0 Å². The summed E-state index contributed by atoms with van der Waals surface area (Å²) in [5.74, 6) is 2.48. The molecule has 4 aromatic carbocycles. The molecule has 0 saturated carbocycles. The molecule has 0 unspecified atom stereocenters. The quantitative estimate of drug-likeness (QED) is 0.145. The van der Waals surface area contributed by atoms with Crippen LogP contribution < -0.4 is 25.9 Å². The maximum atomic E-state index is 7.92. The maximum Gasteiger partial charge on any atom is 0.239 e. The van der Waals surface area contributed by atoms with Crippen LogP contribution in [0.5, 0.6) is 23.0 Å². The fraction of sp³-hybridized carbons (Fsp3) is 0.0811. The summed E-state index contributed by atoms with van der Waals surface area (Å²) in [5.41, 5.74) is 4.76. The van der Waals surface area contributed by atoms with E-state index < -0.39 is 20.6 Å². The van der Waals surface area contributed by atoms with E-state index in [1.54, 1.807) is 24.3 Å². The van der Waals surface area contributed by atoms with Crippen molar-refractivity contribution in [2.75, 3.05) is 0 Å². The normalized spacial score (nSPS) is 15.7. The molecule has 0 spiro atoms. The molecule has 0 saturated heterocycles. The number of hydrogen-bond acceptors (Lipinski definition) is 4. The van der Waals surface area contributed by atoms with Crippen molar-refractivity contribution in [3.05, 3.63) is 138 Å². The molecular formula is C37H27BIrN2O2-2. The van der Waals surface area contributed by atoms with Crippen molar-refractivity contribution in [1.29, 1.82) is 0 Å². The first-order valence-electron chi connectivity index (χ1n) is 17.8. The summed E-state index contributed by atoms with van der Waals surface area (Å²) in [6.07, 6.45) is 2.51. The Morgan fingerprint density at radius 2 is 1.44 bits per heavy atom. The topological polar surface area (TPSA) is 44.2 Å². The van der Waals surface area contributed by atoms with Gasteiger partial charge in [0.2, 0.25) is 6.71 Å². The van der Waals surface area contributed by atoms with Gasteiger partial charge in [0, 0.05) is 56.3 Å². The molecule has 2 aliphatic rings. The zero-order valence-corrected chi connectivity index (χ0v) is 24.9. The van der Waals surface area contributed by atoms with E-state index in [0.29, 0.717) is 22.8 Å². The van der Waals surface area contributed by atoms with E-state index in [2.05, 4.69) is 22.1 Å². The molecule has 0 N–H and O–H groups in total. The van der Waals surface area contributed by atoms with Crippen LogP contribution >= 0.6 is 0 Å². The first-order valence-corrected chi connectivity index (χ1v) is 13.3. The number of aromatic nitrogens is 2. The Labute approximate surface area is 278 Å². The zero-order valence-electron chi connectivity index (χ0n) is 31.5. The number of ether oxygens (including phenoxy) is 2. The van der Waals surface area contributed by atoms with Gasteiger partial charge in [0.15, 0.2) is 0 Å². The number of fused-ring (bicyclic) bond motifs is 4. The SMILES string of the molecule is [2H]C([2H])([2H])c1ccc(-c2[c-]cccc2)nc1.[2H]C([2H])([2H])c1cnc(-c2[c-]cc3c4c2Oc2ccccc2B4c2ccccc2O3)cc1C([2H])([2H])[2H].[Ir]. The zero-order chi connectivity index (χ0) is 36.1. The van der Waals surface area contributed by atoms with Gasteiger partial charge in [-0.05, 0) is 66.1 Å². The number of para-hydroxylation sites is 2. The summed E-state index contributed by atoms with van der Waals surface area (Å²) in [6.45, 7) is -7.50. The van der Waals surface area contributed by atoms with Crippen molar-refractivity contribution < 1.29 is 41.9 Å². The molecule has 0 fully saturated rings. The van der Waals surface area contributed by atoms with Crippen molar-refractivity contribution >= 4 is 23.1 Å². The molecule has 8 rings (SSSR count). The van der Waals surface area contributed by atoms with E-state index in [4.69, 9.17) is 21.8 Å². The number of benzene rings is 4. The van der Waals surface area contributed by atoms with Crippen molar-refractivity contribution in [1.82, 2.24) is 9.97 Å². The molecule has 6 aromatic rings. The second-order valence-corrected chi connectivity index (χ2v) is 9.81. The van der Waals surface area contributed by atoms with E-state index in [1.165, 1.54) is 12.3 Å². The van der Waals surface area contributed by atoms with Crippen LogP contribution in [0.15, 0.2) is 109 Å². The van der Waals surface area contributed by atoms with Crippen LogP contribution in [0.1, 0.15) is 29.0 Å². The van der Waals surface area contributed by atoms with Gasteiger partial charge in [0.1, 0.15) is 11.5 Å². The molecule has 0 bridgehead atoms. The van der Waals surface area contributed by atoms with Crippen LogP contribution in [0, 0.1) is 32.7 Å². The molecule has 2 aliphatic heterocycles. The van der Waals surface area contributed by atoms with Gasteiger partial charge in [0.05, 0.1) is 0 Å². The van der Waals surface area contributed by atoms with Crippen molar-refractivity contribution in [3.8, 4) is 45.5 Å². The van der Waals surface area contributed by atoms with Crippen LogP contribution in [-0.2, 0) is 20.1 Å². The summed E-state index contributed by atoms with van der Waals surface area (Å²) in [6, 6.07) is 35.5. The van der Waals surface area contributed by atoms with E-state index in [-0.39, 0.29) is 49.2 Å². The molecular weight excluding hydrogens is 707 g/mol. The molecule has 0 amide bonds. The van der Waals surface area contributed by atoms with Gasteiger partial charge < -0.3 is 19.4 Å². The Balaban J connectivity index is 0.000000230. The average molecular weight is 744 g/mol. The third kappa shape index (κ3) is 5.40. The predicted octanol–water partition coefficient (Wildman–Crippen LogP) is 6.75. The van der Waals surface area contributed by atoms with Crippen molar-refractivity contribution in [2.24, 2.45) is 0 Å². The minimum Gasteiger partial charge on any atom is -0.503 e. The molecule has 6 heteroatoms. The van der Waals surface area contributed by atoms with Crippen LogP contribution in [0.25, 0.3) is 22.5 Å². The first kappa shape index (κ1) is 19.6. The third-order valence-electron chi connectivity index (χ3n) is 7.17. The van der Waals surface area contributed by atoms with Crippen LogP contribution in [0.4, 0.5) is 0 Å². The Morgan fingerprint density at radius 1 is 0.698 bits per heavy atom. The Morgan fingerprint density at radius 3 is 2.14 bits per heavy atom. The summed E-state index contributed by atoms with van der Waals surface area (Å²) < 4.78 is 81.2. The molecule has 211 valence electrons. The molecule has 4 heterocycles. The van der Waals surface area contributed by atoms with E-state index in [0.717, 1.165) is 39.6 Å². The Kier molecular flexibility index (Phi) is 5.48. The molecule has 2 aromatic heterocycles. The van der Waals surface area contributed by atoms with Crippen LogP contribution in [0.2, 0.25) is 0 Å². The summed E-state index contributed by atoms with van der Waals surface area (Å²) in [4.78, 5) is 8.46. The molecule has 4 nitrogen and oxygen atoms in total. The van der Waals surface area contributed by atoms with Gasteiger partial charge in [-0.3, -0.25) is 0 Å². The van der Waals surface area contributed by atoms with Crippen LogP contribution in [-0.4, -0.2) is 16.7 Å². The molecule has 43 heavy (non-hydrogen) atoms. The van der Waals surface area contributed by atoms with E-state index in [1.807, 2.05) is 66.7 Å². The van der Waals surface area contributed by atoms with Crippen molar-refractivity contribution in [3.63, 3.8) is 0 Å². The summed E-state index contributed by atoms with van der Waals surface area (Å²) in [5, 5.41) is 0. The summed E-state index contributed by atoms with van der Waals surface area (Å²) in [7, 11) is 0. The van der Waals surface area contributed by atoms with Gasteiger partial charge in [-0.1, -0.05) is 71.2 Å². The fourth-order valence-electron chi connectivity index (χ4n) is 5.21. The minimum absolute atomic E-state index is 0. The Bertz CT molecular complexity index is 2230.